The van der Waals surface area contributed by atoms with E-state index in [1.165, 1.54) is 7.11 Å². The lowest BCUT2D eigenvalue weighted by Gasteiger charge is -2.04. The second kappa shape index (κ2) is 5.36. The normalized spacial score (nSPS) is 10.4. The third kappa shape index (κ3) is 3.13. The van der Waals surface area contributed by atoms with E-state index in [0.29, 0.717) is 10.2 Å². The van der Waals surface area contributed by atoms with Gasteiger partial charge in [-0.2, -0.15) is 0 Å². The Kier molecular flexibility index (Phi) is 4.12. The summed E-state index contributed by atoms with van der Waals surface area (Å²) < 4.78 is 5.50. The number of hydrogen-bond acceptors (Lipinski definition) is 3. The molecule has 0 atom stereocenters. The largest absolute Gasteiger partial charge is 0.503 e. The molecule has 0 aliphatic carbocycles. The van der Waals surface area contributed by atoms with Gasteiger partial charge in [0.2, 0.25) is 6.21 Å². The molecule has 86 valence electrons. The molecular formula is C9H12BrN4O2+. The summed E-state index contributed by atoms with van der Waals surface area (Å²) in [5.41, 5.74) is 11.0. The third-order valence-electron chi connectivity index (χ3n) is 1.70. The zero-order valence-electron chi connectivity index (χ0n) is 8.57. The average Bonchev–Trinajstić information content (AvgIpc) is 2.22. The number of phenolic OH excluding ortho intramolecular Hbond substituents is 1. The summed E-state index contributed by atoms with van der Waals surface area (Å²) in [4.78, 5) is 0. The first-order valence-electron chi connectivity index (χ1n) is 4.28. The van der Waals surface area contributed by atoms with Gasteiger partial charge in [0.25, 0.3) is 5.96 Å². The summed E-state index contributed by atoms with van der Waals surface area (Å²) in [6.45, 7) is 0. The van der Waals surface area contributed by atoms with Crippen LogP contribution in [0.2, 0.25) is 0 Å². The van der Waals surface area contributed by atoms with Crippen molar-refractivity contribution in [2.45, 2.75) is 0 Å². The minimum Gasteiger partial charge on any atom is -0.503 e. The van der Waals surface area contributed by atoms with E-state index in [4.69, 9.17) is 16.2 Å². The number of halogens is 1. The number of nitrogens with zero attached hydrogens (tertiary/aromatic N) is 1. The van der Waals surface area contributed by atoms with Crippen LogP contribution < -0.4 is 21.3 Å². The van der Waals surface area contributed by atoms with Crippen LogP contribution in [0.25, 0.3) is 0 Å². The zero-order chi connectivity index (χ0) is 12.1. The van der Waals surface area contributed by atoms with Gasteiger partial charge in [-0.1, -0.05) is 0 Å². The van der Waals surface area contributed by atoms with Gasteiger partial charge in [-0.25, -0.2) is 0 Å². The van der Waals surface area contributed by atoms with Crippen LogP contribution in [0.5, 0.6) is 11.5 Å². The monoisotopic (exact) mass is 287 g/mol. The Balaban J connectivity index is 3.03. The summed E-state index contributed by atoms with van der Waals surface area (Å²) in [7, 11) is 1.47. The van der Waals surface area contributed by atoms with E-state index in [1.807, 2.05) is 0 Å². The maximum atomic E-state index is 9.56. The number of guanidine groups is 1. The molecule has 0 saturated heterocycles. The van der Waals surface area contributed by atoms with Gasteiger partial charge >= 0.3 is 0 Å². The first-order chi connectivity index (χ1) is 7.54. The fourth-order valence-electron chi connectivity index (χ4n) is 1.01. The first kappa shape index (κ1) is 12.3. The van der Waals surface area contributed by atoms with Crippen molar-refractivity contribution < 1.29 is 14.9 Å². The zero-order valence-corrected chi connectivity index (χ0v) is 10.2. The summed E-state index contributed by atoms with van der Waals surface area (Å²) in [6, 6.07) is 3.32. The quantitative estimate of drug-likeness (QED) is 0.320. The second-order valence-corrected chi connectivity index (χ2v) is 3.72. The highest BCUT2D eigenvalue weighted by Gasteiger charge is 2.08. The maximum absolute atomic E-state index is 9.56. The van der Waals surface area contributed by atoms with Crippen molar-refractivity contribution in [2.75, 3.05) is 7.11 Å². The van der Waals surface area contributed by atoms with E-state index in [-0.39, 0.29) is 11.7 Å². The predicted molar refractivity (Wildman–Crippen MR) is 64.3 cm³/mol. The van der Waals surface area contributed by atoms with Gasteiger partial charge in [-0.15, -0.1) is 5.10 Å². The predicted octanol–water partition coefficient (Wildman–Crippen LogP) is -1.15. The topological polar surface area (TPSA) is 108 Å². The molecule has 0 heterocycles. The fourth-order valence-corrected chi connectivity index (χ4v) is 1.47. The number of rotatable bonds is 3. The first-order valence-corrected chi connectivity index (χ1v) is 5.07. The van der Waals surface area contributed by atoms with E-state index in [0.717, 1.165) is 5.56 Å². The minimum absolute atomic E-state index is 0.0430. The van der Waals surface area contributed by atoms with Crippen molar-refractivity contribution >= 4 is 28.1 Å². The molecule has 0 aliphatic rings. The van der Waals surface area contributed by atoms with Gasteiger partial charge in [0.05, 0.1) is 11.6 Å². The van der Waals surface area contributed by atoms with Crippen molar-refractivity contribution in [1.29, 1.82) is 0 Å². The van der Waals surface area contributed by atoms with Gasteiger partial charge in [0.1, 0.15) is 0 Å². The molecule has 0 radical (unpaired) electrons. The highest BCUT2D eigenvalue weighted by molar-refractivity contribution is 9.10. The average molecular weight is 288 g/mol. The molecule has 0 aromatic heterocycles. The Bertz CT molecular complexity index is 441. The molecule has 0 bridgehead atoms. The van der Waals surface area contributed by atoms with Crippen LogP contribution in [0.15, 0.2) is 21.7 Å². The molecule has 6 N–H and O–H groups in total. The molecule has 0 fully saturated rings. The Labute approximate surface area is 101 Å². The molecule has 0 amide bonds. The van der Waals surface area contributed by atoms with Crippen molar-refractivity contribution in [3.8, 4) is 11.5 Å². The van der Waals surface area contributed by atoms with Crippen molar-refractivity contribution in [2.24, 2.45) is 16.6 Å². The number of hydrogen-bond donors (Lipinski definition) is 4. The second-order valence-electron chi connectivity index (χ2n) is 2.86. The van der Waals surface area contributed by atoms with Gasteiger partial charge in [-0.05, 0) is 28.1 Å². The summed E-state index contributed by atoms with van der Waals surface area (Å²) in [5, 5.41) is 15.7. The Hall–Kier alpha value is -1.76. The Morgan fingerprint density at radius 1 is 1.56 bits per heavy atom. The fraction of sp³-hybridized carbons (Fsp3) is 0.111. The van der Waals surface area contributed by atoms with Crippen LogP contribution in [-0.2, 0) is 0 Å². The summed E-state index contributed by atoms with van der Waals surface area (Å²) in [5.74, 6) is 0.328. The summed E-state index contributed by atoms with van der Waals surface area (Å²) in [6.07, 6.45) is 1.56. The number of ether oxygens (including phenoxy) is 1. The van der Waals surface area contributed by atoms with E-state index in [2.05, 4.69) is 26.1 Å². The van der Waals surface area contributed by atoms with E-state index >= 15 is 0 Å². The van der Waals surface area contributed by atoms with E-state index < -0.39 is 0 Å². The van der Waals surface area contributed by atoms with Crippen molar-refractivity contribution in [3.05, 3.63) is 22.2 Å². The number of phenols is 1. The number of benzene rings is 1. The van der Waals surface area contributed by atoms with Crippen LogP contribution in [-0.4, -0.2) is 24.4 Å². The number of hydrazone groups is 1. The third-order valence-corrected chi connectivity index (χ3v) is 2.30. The SMILES string of the molecule is COc1cc(/C=[NH+]/N=C(N)N)cc(Br)c1O. The van der Waals surface area contributed by atoms with Crippen LogP contribution in [0, 0.1) is 0 Å². The van der Waals surface area contributed by atoms with Crippen molar-refractivity contribution in [1.82, 2.24) is 0 Å². The van der Waals surface area contributed by atoms with Crippen LogP contribution in [0.3, 0.4) is 0 Å². The van der Waals surface area contributed by atoms with E-state index in [9.17, 15) is 5.11 Å². The maximum Gasteiger partial charge on any atom is 0.256 e. The van der Waals surface area contributed by atoms with Crippen LogP contribution in [0.1, 0.15) is 5.56 Å². The Morgan fingerprint density at radius 3 is 2.81 bits per heavy atom. The number of nitrogens with two attached hydrogens (primary N) is 2. The van der Waals surface area contributed by atoms with E-state index in [1.54, 1.807) is 18.3 Å². The standard InChI is InChI=1S/C9H11BrN4O2/c1-16-7-3-5(2-6(10)8(7)15)4-13-14-9(11)12/h2-4,15H,1H3,(H4,11,12,14)/p+1/b13-4+. The molecule has 6 nitrogen and oxygen atoms in total. The lowest BCUT2D eigenvalue weighted by Crippen LogP contribution is -2.63. The van der Waals surface area contributed by atoms with Gasteiger partial charge in [0, 0.05) is 10.7 Å². The molecule has 1 rings (SSSR count). The number of nitrogens with one attached hydrogen (secondary N) is 1. The van der Waals surface area contributed by atoms with Crippen LogP contribution in [0.4, 0.5) is 0 Å². The molecule has 0 unspecified atom stereocenters. The van der Waals surface area contributed by atoms with Crippen LogP contribution >= 0.6 is 15.9 Å². The smallest absolute Gasteiger partial charge is 0.256 e. The van der Waals surface area contributed by atoms with Gasteiger partial charge in [0.15, 0.2) is 11.5 Å². The highest BCUT2D eigenvalue weighted by atomic mass is 79.9. The molecule has 1 aromatic carbocycles. The number of aromatic hydroxyl groups is 1. The van der Waals surface area contributed by atoms with Gasteiger partial charge < -0.3 is 21.3 Å². The molecule has 1 aromatic rings. The molecule has 0 aliphatic heterocycles. The lowest BCUT2D eigenvalue weighted by molar-refractivity contribution is -0.456. The highest BCUT2D eigenvalue weighted by Crippen LogP contribution is 2.34. The molecule has 0 saturated carbocycles. The lowest BCUT2D eigenvalue weighted by atomic mass is 10.2. The van der Waals surface area contributed by atoms with Gasteiger partial charge in [-0.3, -0.25) is 0 Å². The number of methoxy groups -OCH3 is 1. The van der Waals surface area contributed by atoms with Crippen molar-refractivity contribution in [3.63, 3.8) is 0 Å². The molecular weight excluding hydrogens is 276 g/mol. The molecule has 0 spiro atoms. The summed E-state index contributed by atoms with van der Waals surface area (Å²) >= 11 is 3.20. The molecule has 7 heteroatoms. The minimum atomic E-state index is -0.0685. The Morgan fingerprint density at radius 2 is 2.25 bits per heavy atom. The molecule has 16 heavy (non-hydrogen) atoms.